The predicted molar refractivity (Wildman–Crippen MR) is 113 cm³/mol. The van der Waals surface area contributed by atoms with E-state index in [-0.39, 0.29) is 11.5 Å². The molecular weight excluding hydrogens is 376 g/mol. The smallest absolute Gasteiger partial charge is 0.328 e. The van der Waals surface area contributed by atoms with Gasteiger partial charge in [0.1, 0.15) is 11.5 Å². The molecule has 0 aliphatic rings. The van der Waals surface area contributed by atoms with E-state index in [4.69, 9.17) is 15.3 Å². The van der Waals surface area contributed by atoms with Crippen LogP contribution in [0.5, 0.6) is 11.5 Å². The summed E-state index contributed by atoms with van der Waals surface area (Å²) in [5.41, 5.74) is 1.62. The van der Waals surface area contributed by atoms with Crippen molar-refractivity contribution >= 4 is 37.4 Å². The van der Waals surface area contributed by atoms with E-state index in [0.29, 0.717) is 0 Å². The zero-order valence-electron chi connectivity index (χ0n) is 16.0. The average Bonchev–Trinajstić information content (AvgIpc) is 2.60. The second-order valence-corrected chi connectivity index (χ2v) is 12.0. The van der Waals surface area contributed by atoms with Crippen molar-refractivity contribution in [1.82, 2.24) is 0 Å². The molecule has 7 heteroatoms. The van der Waals surface area contributed by atoms with Gasteiger partial charge in [-0.25, -0.2) is 9.59 Å². The van der Waals surface area contributed by atoms with Crippen LogP contribution in [0.3, 0.4) is 0 Å². The van der Waals surface area contributed by atoms with E-state index in [1.165, 1.54) is 18.2 Å². The summed E-state index contributed by atoms with van der Waals surface area (Å²) in [5.74, 6) is -1.55. The molecule has 0 amide bonds. The number of aliphatic carboxylic acids is 2. The van der Waals surface area contributed by atoms with Gasteiger partial charge >= 0.3 is 11.9 Å². The minimum Gasteiger partial charge on any atom is -0.508 e. The van der Waals surface area contributed by atoms with Gasteiger partial charge in [0.25, 0.3) is 0 Å². The quantitative estimate of drug-likeness (QED) is 0.451. The van der Waals surface area contributed by atoms with Crippen LogP contribution in [0.15, 0.2) is 54.6 Å². The second kappa shape index (κ2) is 10.1. The van der Waals surface area contributed by atoms with Gasteiger partial charge in [0.2, 0.25) is 0 Å². The standard InChI is InChI=1S/C12H16O3Si.C9H8O3/c1-16(2,3)11-8-10(13)6-4-9(11)5-7-12(14)15;10-8-4-1-7(2-5-8)3-6-9(11)12/h4-8,13H,1-3H3,(H,14,15);1-6,10H,(H,11,12)/b7-5+;. The molecule has 0 aliphatic carbocycles. The maximum absolute atomic E-state index is 10.5. The van der Waals surface area contributed by atoms with E-state index in [1.54, 1.807) is 36.4 Å². The van der Waals surface area contributed by atoms with E-state index in [1.807, 2.05) is 0 Å². The number of rotatable bonds is 5. The van der Waals surface area contributed by atoms with Gasteiger partial charge in [0.05, 0.1) is 8.07 Å². The number of hydrogen-bond acceptors (Lipinski definition) is 4. The Morgan fingerprint density at radius 2 is 1.29 bits per heavy atom. The first-order chi connectivity index (χ1) is 13.0. The maximum atomic E-state index is 10.5. The highest BCUT2D eigenvalue weighted by Crippen LogP contribution is 2.15. The number of phenols is 2. The zero-order chi connectivity index (χ0) is 21.3. The lowest BCUT2D eigenvalue weighted by Crippen LogP contribution is -2.39. The fourth-order valence-corrected chi connectivity index (χ4v) is 3.87. The molecule has 0 unspecified atom stereocenters. The monoisotopic (exact) mass is 400 g/mol. The van der Waals surface area contributed by atoms with Gasteiger partial charge in [-0.1, -0.05) is 37.8 Å². The third kappa shape index (κ3) is 8.37. The van der Waals surface area contributed by atoms with Gasteiger partial charge in [-0.3, -0.25) is 0 Å². The Kier molecular flexibility index (Phi) is 8.22. The van der Waals surface area contributed by atoms with Crippen LogP contribution >= 0.6 is 0 Å². The van der Waals surface area contributed by atoms with E-state index in [0.717, 1.165) is 28.5 Å². The first kappa shape index (κ1) is 22.7. The van der Waals surface area contributed by atoms with Crippen LogP contribution in [0.1, 0.15) is 11.1 Å². The molecule has 0 aromatic heterocycles. The number of hydrogen-bond donors (Lipinski definition) is 4. The highest BCUT2D eigenvalue weighted by molar-refractivity contribution is 6.89. The lowest BCUT2D eigenvalue weighted by atomic mass is 10.2. The van der Waals surface area contributed by atoms with Crippen LogP contribution in [0.25, 0.3) is 12.2 Å². The zero-order valence-corrected chi connectivity index (χ0v) is 17.0. The number of carbonyl (C=O) groups is 2. The highest BCUT2D eigenvalue weighted by atomic mass is 28.3. The van der Waals surface area contributed by atoms with Gasteiger partial charge in [0.15, 0.2) is 0 Å². The average molecular weight is 401 g/mol. The van der Waals surface area contributed by atoms with Crippen LogP contribution in [-0.4, -0.2) is 40.4 Å². The number of benzene rings is 2. The van der Waals surface area contributed by atoms with Crippen molar-refractivity contribution in [1.29, 1.82) is 0 Å². The van der Waals surface area contributed by atoms with Gasteiger partial charge in [-0.2, -0.15) is 0 Å². The molecular formula is C21H24O6Si. The summed E-state index contributed by atoms with van der Waals surface area (Å²) in [7, 11) is -1.59. The molecule has 0 aliphatic heterocycles. The Hall–Kier alpha value is -3.32. The summed E-state index contributed by atoms with van der Waals surface area (Å²) in [4.78, 5) is 20.6. The first-order valence-corrected chi connectivity index (χ1v) is 11.9. The third-order valence-electron chi connectivity index (χ3n) is 3.56. The summed E-state index contributed by atoms with van der Waals surface area (Å²) in [6.45, 7) is 6.46. The predicted octanol–water partition coefficient (Wildman–Crippen LogP) is 3.53. The minimum absolute atomic E-state index is 0.169. The highest BCUT2D eigenvalue weighted by Gasteiger charge is 2.19. The van der Waals surface area contributed by atoms with Crippen molar-refractivity contribution in [3.05, 3.63) is 65.7 Å². The Balaban J connectivity index is 0.000000292. The molecule has 0 saturated carbocycles. The summed E-state index contributed by atoms with van der Waals surface area (Å²) >= 11 is 0. The summed E-state index contributed by atoms with van der Waals surface area (Å²) in [5, 5.41) is 36.3. The van der Waals surface area contributed by atoms with Crippen molar-refractivity contribution in [3.63, 3.8) is 0 Å². The molecule has 2 aromatic rings. The molecule has 0 bridgehead atoms. The van der Waals surface area contributed by atoms with E-state index < -0.39 is 20.0 Å². The van der Waals surface area contributed by atoms with Crippen molar-refractivity contribution in [2.24, 2.45) is 0 Å². The lowest BCUT2D eigenvalue weighted by Gasteiger charge is -2.19. The molecule has 6 nitrogen and oxygen atoms in total. The molecule has 4 N–H and O–H groups in total. The third-order valence-corrected chi connectivity index (χ3v) is 5.61. The largest absolute Gasteiger partial charge is 0.508 e. The second-order valence-electron chi connectivity index (χ2n) is 6.96. The van der Waals surface area contributed by atoms with Crippen molar-refractivity contribution < 1.29 is 30.0 Å². The number of phenolic OH excluding ortho intramolecular Hbond substituents is 2. The van der Waals surface area contributed by atoms with Gasteiger partial charge in [0, 0.05) is 12.2 Å². The Morgan fingerprint density at radius 3 is 1.79 bits per heavy atom. The van der Waals surface area contributed by atoms with Crippen molar-refractivity contribution in [3.8, 4) is 11.5 Å². The normalized spacial score (nSPS) is 11.2. The molecule has 28 heavy (non-hydrogen) atoms. The Labute approximate surface area is 164 Å². The number of aromatic hydroxyl groups is 2. The SMILES string of the molecule is C[Si](C)(C)c1cc(O)ccc1/C=C/C(=O)O.O=C(O)C=Cc1ccc(O)cc1. The molecule has 0 saturated heterocycles. The van der Waals surface area contributed by atoms with Crippen LogP contribution in [0, 0.1) is 0 Å². The fourth-order valence-electron chi connectivity index (χ4n) is 2.25. The van der Waals surface area contributed by atoms with Crippen LogP contribution in [0.4, 0.5) is 0 Å². The summed E-state index contributed by atoms with van der Waals surface area (Å²) in [6.07, 6.45) is 5.21. The topological polar surface area (TPSA) is 115 Å². The van der Waals surface area contributed by atoms with E-state index in [2.05, 4.69) is 19.6 Å². The fraction of sp³-hybridized carbons (Fsp3) is 0.143. The van der Waals surface area contributed by atoms with E-state index in [9.17, 15) is 14.7 Å². The Morgan fingerprint density at radius 1 is 0.786 bits per heavy atom. The molecule has 0 spiro atoms. The van der Waals surface area contributed by atoms with Crippen LogP contribution in [-0.2, 0) is 9.59 Å². The molecule has 148 valence electrons. The summed E-state index contributed by atoms with van der Waals surface area (Å²) < 4.78 is 0. The van der Waals surface area contributed by atoms with Crippen LogP contribution in [0.2, 0.25) is 19.6 Å². The molecule has 2 aromatic carbocycles. The van der Waals surface area contributed by atoms with E-state index >= 15 is 0 Å². The van der Waals surface area contributed by atoms with Crippen LogP contribution < -0.4 is 5.19 Å². The van der Waals surface area contributed by atoms with Crippen molar-refractivity contribution in [2.45, 2.75) is 19.6 Å². The number of carboxylic acids is 2. The molecule has 0 fully saturated rings. The van der Waals surface area contributed by atoms with Gasteiger partial charge < -0.3 is 20.4 Å². The van der Waals surface area contributed by atoms with Crippen molar-refractivity contribution in [2.75, 3.05) is 0 Å². The van der Waals surface area contributed by atoms with Gasteiger partial charge in [-0.15, -0.1) is 0 Å². The molecule has 0 atom stereocenters. The minimum atomic E-state index is -1.59. The maximum Gasteiger partial charge on any atom is 0.328 e. The molecule has 0 radical (unpaired) electrons. The Bertz CT molecular complexity index is 877. The first-order valence-electron chi connectivity index (χ1n) is 8.43. The molecule has 2 rings (SSSR count). The summed E-state index contributed by atoms with van der Waals surface area (Å²) in [6, 6.07) is 11.3. The van der Waals surface area contributed by atoms with Gasteiger partial charge in [-0.05, 0) is 52.7 Å². The lowest BCUT2D eigenvalue weighted by molar-refractivity contribution is -0.132. The molecule has 0 heterocycles. The number of carboxylic acid groups (broad SMARTS) is 2.